The Morgan fingerprint density at radius 3 is 2.55 bits per heavy atom. The van der Waals surface area contributed by atoms with Crippen LogP contribution in [-0.4, -0.2) is 27.4 Å². The Kier molecular flexibility index (Phi) is 5.25. The number of para-hydroxylation sites is 1. The zero-order valence-electron chi connectivity index (χ0n) is 17.5. The largest absolute Gasteiger partial charge is 0.336 e. The second-order valence-electron chi connectivity index (χ2n) is 7.31. The van der Waals surface area contributed by atoms with Crippen molar-refractivity contribution in [3.63, 3.8) is 0 Å². The Balaban J connectivity index is 1.79. The number of pyridine rings is 1. The summed E-state index contributed by atoms with van der Waals surface area (Å²) in [5.74, 6) is -1.39. The number of anilines is 1. The van der Waals surface area contributed by atoms with Crippen LogP contribution in [0.2, 0.25) is 0 Å². The Labute approximate surface area is 180 Å². The van der Waals surface area contributed by atoms with Crippen molar-refractivity contribution in [2.45, 2.75) is 27.2 Å². The van der Waals surface area contributed by atoms with Crippen LogP contribution in [0.4, 0.5) is 10.5 Å². The molecule has 7 heteroatoms. The van der Waals surface area contributed by atoms with Crippen molar-refractivity contribution < 1.29 is 14.4 Å². The molecule has 31 heavy (non-hydrogen) atoms. The Morgan fingerprint density at radius 1 is 1.06 bits per heavy atom. The van der Waals surface area contributed by atoms with E-state index in [0.717, 1.165) is 34.0 Å². The highest BCUT2D eigenvalue weighted by molar-refractivity contribution is 6.39. The van der Waals surface area contributed by atoms with Crippen LogP contribution < -0.4 is 10.2 Å². The number of barbiturate groups is 1. The zero-order chi connectivity index (χ0) is 22.1. The fourth-order valence-electron chi connectivity index (χ4n) is 3.87. The van der Waals surface area contributed by atoms with Crippen LogP contribution in [0.15, 0.2) is 60.4 Å². The predicted molar refractivity (Wildman–Crippen MR) is 118 cm³/mol. The van der Waals surface area contributed by atoms with Gasteiger partial charge < -0.3 is 4.57 Å². The normalized spacial score (nSPS) is 15.5. The van der Waals surface area contributed by atoms with E-state index in [2.05, 4.69) is 33.9 Å². The first kappa shape index (κ1) is 20.3. The summed E-state index contributed by atoms with van der Waals surface area (Å²) in [7, 11) is 0. The van der Waals surface area contributed by atoms with Crippen LogP contribution in [0.25, 0.3) is 11.8 Å². The lowest BCUT2D eigenvalue weighted by atomic mass is 10.1. The Bertz CT molecular complexity index is 1220. The minimum Gasteiger partial charge on any atom is -0.318 e. The molecule has 0 unspecified atom stereocenters. The van der Waals surface area contributed by atoms with Gasteiger partial charge in [0.2, 0.25) is 0 Å². The van der Waals surface area contributed by atoms with Gasteiger partial charge in [-0.15, -0.1) is 0 Å². The fraction of sp³-hybridized carbons (Fsp3) is 0.167. The Morgan fingerprint density at radius 2 is 1.84 bits per heavy atom. The van der Waals surface area contributed by atoms with E-state index < -0.39 is 17.8 Å². The SMILES string of the molecule is CCc1ccccc1-n1c(C)cc(/C=C2\C(=O)NC(=O)N(c3cccnc3)C2=O)c1C. The summed E-state index contributed by atoms with van der Waals surface area (Å²) in [5.41, 5.74) is 5.07. The van der Waals surface area contributed by atoms with Gasteiger partial charge in [0.15, 0.2) is 0 Å². The van der Waals surface area contributed by atoms with Crippen molar-refractivity contribution in [2.75, 3.05) is 4.90 Å². The molecule has 0 radical (unpaired) electrons. The smallest absolute Gasteiger partial charge is 0.318 e. The molecule has 1 saturated heterocycles. The van der Waals surface area contributed by atoms with Crippen LogP contribution in [0.3, 0.4) is 0 Å². The molecule has 1 aliphatic heterocycles. The van der Waals surface area contributed by atoms with Crippen molar-refractivity contribution in [2.24, 2.45) is 0 Å². The summed E-state index contributed by atoms with van der Waals surface area (Å²) in [5, 5.41) is 2.24. The van der Waals surface area contributed by atoms with E-state index >= 15 is 0 Å². The molecule has 0 saturated carbocycles. The van der Waals surface area contributed by atoms with Crippen LogP contribution in [-0.2, 0) is 16.0 Å². The molecule has 3 heterocycles. The van der Waals surface area contributed by atoms with Gasteiger partial charge >= 0.3 is 6.03 Å². The number of imide groups is 2. The van der Waals surface area contributed by atoms with E-state index in [9.17, 15) is 14.4 Å². The lowest BCUT2D eigenvalue weighted by Gasteiger charge is -2.26. The van der Waals surface area contributed by atoms with Crippen molar-refractivity contribution >= 4 is 29.6 Å². The Hall–Kier alpha value is -4.00. The molecule has 4 amide bonds. The first-order valence-corrected chi connectivity index (χ1v) is 10.0. The molecule has 3 aromatic rings. The zero-order valence-corrected chi connectivity index (χ0v) is 17.5. The number of aryl methyl sites for hydroxylation is 2. The highest BCUT2D eigenvalue weighted by Crippen LogP contribution is 2.27. The minimum atomic E-state index is -0.789. The molecule has 0 aliphatic carbocycles. The summed E-state index contributed by atoms with van der Waals surface area (Å²) in [6.07, 6.45) is 5.37. The quantitative estimate of drug-likeness (QED) is 0.521. The monoisotopic (exact) mass is 414 g/mol. The second kappa shape index (κ2) is 8.02. The lowest BCUT2D eigenvalue weighted by Crippen LogP contribution is -2.54. The number of carbonyl (C=O) groups excluding carboxylic acids is 3. The van der Waals surface area contributed by atoms with E-state index in [4.69, 9.17) is 0 Å². The number of urea groups is 1. The van der Waals surface area contributed by atoms with Gasteiger partial charge in [-0.05, 0) is 61.7 Å². The molecule has 4 rings (SSSR count). The number of carbonyl (C=O) groups is 3. The number of aromatic nitrogens is 2. The van der Waals surface area contributed by atoms with Gasteiger partial charge in [-0.25, -0.2) is 9.69 Å². The average Bonchev–Trinajstić information content (AvgIpc) is 3.04. The maximum atomic E-state index is 13.1. The molecule has 0 atom stereocenters. The molecular formula is C24H22N4O3. The first-order chi connectivity index (χ1) is 14.9. The number of rotatable bonds is 4. The third kappa shape index (κ3) is 3.54. The third-order valence-electron chi connectivity index (χ3n) is 5.39. The van der Waals surface area contributed by atoms with Crippen LogP contribution in [0, 0.1) is 13.8 Å². The van der Waals surface area contributed by atoms with Gasteiger partial charge in [-0.2, -0.15) is 0 Å². The molecule has 2 aromatic heterocycles. The summed E-state index contributed by atoms with van der Waals surface area (Å²) in [6.45, 7) is 6.03. The van der Waals surface area contributed by atoms with Crippen LogP contribution in [0.1, 0.15) is 29.4 Å². The molecular weight excluding hydrogens is 392 g/mol. The summed E-state index contributed by atoms with van der Waals surface area (Å²) in [4.78, 5) is 42.8. The number of benzene rings is 1. The maximum Gasteiger partial charge on any atom is 0.336 e. The number of nitrogens with zero attached hydrogens (tertiary/aromatic N) is 3. The molecule has 0 spiro atoms. The lowest BCUT2D eigenvalue weighted by molar-refractivity contribution is -0.122. The van der Waals surface area contributed by atoms with Crippen molar-refractivity contribution in [3.05, 3.63) is 82.9 Å². The van der Waals surface area contributed by atoms with E-state index in [0.29, 0.717) is 5.69 Å². The number of hydrogen-bond donors (Lipinski definition) is 1. The molecule has 1 aromatic carbocycles. The van der Waals surface area contributed by atoms with Gasteiger partial charge in [-0.3, -0.25) is 19.9 Å². The average molecular weight is 414 g/mol. The van der Waals surface area contributed by atoms with Gasteiger partial charge in [-0.1, -0.05) is 25.1 Å². The van der Waals surface area contributed by atoms with Gasteiger partial charge in [0.1, 0.15) is 5.57 Å². The van der Waals surface area contributed by atoms with E-state index in [1.165, 1.54) is 11.8 Å². The molecule has 156 valence electrons. The molecule has 1 fully saturated rings. The van der Waals surface area contributed by atoms with Crippen molar-refractivity contribution in [3.8, 4) is 5.69 Å². The summed E-state index contributed by atoms with van der Waals surface area (Å²) >= 11 is 0. The third-order valence-corrected chi connectivity index (χ3v) is 5.39. The molecule has 1 N–H and O–H groups in total. The van der Waals surface area contributed by atoms with E-state index in [-0.39, 0.29) is 5.57 Å². The number of nitrogens with one attached hydrogen (secondary N) is 1. The van der Waals surface area contributed by atoms with Crippen molar-refractivity contribution in [1.82, 2.24) is 14.9 Å². The molecule has 0 bridgehead atoms. The molecule has 7 nitrogen and oxygen atoms in total. The standard InChI is InChI=1S/C24H22N4O3/c1-4-17-8-5-6-10-21(17)27-15(2)12-18(16(27)3)13-20-22(29)26-24(31)28(23(20)30)19-9-7-11-25-14-19/h5-14H,4H2,1-3H3,(H,26,29,31)/b20-13+. The minimum absolute atomic E-state index is 0.104. The molecule has 1 aliphatic rings. The highest BCUT2D eigenvalue weighted by Gasteiger charge is 2.37. The van der Waals surface area contributed by atoms with Crippen LogP contribution in [0.5, 0.6) is 0 Å². The van der Waals surface area contributed by atoms with Gasteiger partial charge in [0.25, 0.3) is 11.8 Å². The summed E-state index contributed by atoms with van der Waals surface area (Å²) in [6, 6.07) is 12.5. The van der Waals surface area contributed by atoms with Gasteiger partial charge in [0, 0.05) is 23.3 Å². The second-order valence-corrected chi connectivity index (χ2v) is 7.31. The van der Waals surface area contributed by atoms with E-state index in [1.54, 1.807) is 24.4 Å². The predicted octanol–water partition coefficient (Wildman–Crippen LogP) is 3.72. The highest BCUT2D eigenvalue weighted by atomic mass is 16.2. The summed E-state index contributed by atoms with van der Waals surface area (Å²) < 4.78 is 2.11. The van der Waals surface area contributed by atoms with Crippen LogP contribution >= 0.6 is 0 Å². The van der Waals surface area contributed by atoms with Gasteiger partial charge in [0.05, 0.1) is 11.9 Å². The topological polar surface area (TPSA) is 84.3 Å². The van der Waals surface area contributed by atoms with E-state index in [1.807, 2.05) is 32.0 Å². The first-order valence-electron chi connectivity index (χ1n) is 10.0. The number of amides is 4. The number of hydrogen-bond acceptors (Lipinski definition) is 4. The maximum absolute atomic E-state index is 13.1. The fourth-order valence-corrected chi connectivity index (χ4v) is 3.87. The van der Waals surface area contributed by atoms with Crippen molar-refractivity contribution in [1.29, 1.82) is 0 Å².